The highest BCUT2D eigenvalue weighted by Crippen LogP contribution is 2.55. The van der Waals surface area contributed by atoms with Crippen molar-refractivity contribution in [3.63, 3.8) is 0 Å². The van der Waals surface area contributed by atoms with Crippen LogP contribution in [-0.2, 0) is 9.53 Å². The van der Waals surface area contributed by atoms with Crippen molar-refractivity contribution >= 4 is 28.0 Å². The maximum atomic E-state index is 14.3. The zero-order chi connectivity index (χ0) is 24.3. The van der Waals surface area contributed by atoms with Crippen LogP contribution in [0.25, 0.3) is 27.8 Å². The molecule has 1 saturated carbocycles. The average molecular weight is 479 g/mol. The average Bonchev–Trinajstić information content (AvgIpc) is 3.43. The van der Waals surface area contributed by atoms with Gasteiger partial charge in [-0.05, 0) is 56.7 Å². The third kappa shape index (κ3) is 3.40. The summed E-state index contributed by atoms with van der Waals surface area (Å²) in [5.74, 6) is -0.752. The lowest BCUT2D eigenvalue weighted by Gasteiger charge is -2.42. The summed E-state index contributed by atoms with van der Waals surface area (Å²) in [5, 5.41) is 17.8. The molecule has 35 heavy (non-hydrogen) atoms. The predicted molar refractivity (Wildman–Crippen MR) is 128 cm³/mol. The standard InChI is InChI=1S/C26H27FN4O4/c1-26(25(32)33)11-16(12-26)21-22-19(9-15-13-28-30-24(15)29-22)31(23(21)14-5-7-35-8-6-14)17-3-4-18(27)20(10-17)34-2/h3-4,9-10,13-14,16H,5-8,11-12H2,1-2H3,(H,32,33)(H,28,29,30). The number of H-pyrrole nitrogens is 1. The summed E-state index contributed by atoms with van der Waals surface area (Å²) in [4.78, 5) is 16.9. The molecule has 1 aliphatic heterocycles. The minimum atomic E-state index is -0.766. The quantitative estimate of drug-likeness (QED) is 0.423. The molecule has 0 atom stereocenters. The number of pyridine rings is 1. The van der Waals surface area contributed by atoms with E-state index in [9.17, 15) is 14.3 Å². The molecule has 1 aromatic carbocycles. The van der Waals surface area contributed by atoms with Gasteiger partial charge in [0.25, 0.3) is 0 Å². The van der Waals surface area contributed by atoms with Gasteiger partial charge in [-0.3, -0.25) is 9.89 Å². The first-order valence-corrected chi connectivity index (χ1v) is 11.9. The topological polar surface area (TPSA) is 102 Å². The molecule has 182 valence electrons. The van der Waals surface area contributed by atoms with Gasteiger partial charge in [-0.25, -0.2) is 9.37 Å². The Morgan fingerprint density at radius 3 is 2.74 bits per heavy atom. The molecule has 0 spiro atoms. The van der Waals surface area contributed by atoms with Crippen LogP contribution < -0.4 is 4.74 Å². The Morgan fingerprint density at radius 2 is 2.03 bits per heavy atom. The number of halogens is 1. The van der Waals surface area contributed by atoms with Crippen LogP contribution >= 0.6 is 0 Å². The summed E-state index contributed by atoms with van der Waals surface area (Å²) in [5.41, 5.74) is 4.66. The maximum Gasteiger partial charge on any atom is 0.309 e. The van der Waals surface area contributed by atoms with Gasteiger partial charge in [0.05, 0.1) is 29.8 Å². The fraction of sp³-hybridized carbons (Fsp3) is 0.423. The van der Waals surface area contributed by atoms with Crippen molar-refractivity contribution in [1.29, 1.82) is 0 Å². The van der Waals surface area contributed by atoms with Crippen LogP contribution in [0.5, 0.6) is 5.75 Å². The molecule has 0 amide bonds. The molecule has 1 aliphatic carbocycles. The van der Waals surface area contributed by atoms with Gasteiger partial charge in [0.2, 0.25) is 0 Å². The van der Waals surface area contributed by atoms with Crippen molar-refractivity contribution in [1.82, 2.24) is 19.7 Å². The highest BCUT2D eigenvalue weighted by molar-refractivity contribution is 5.94. The number of carbonyl (C=O) groups is 1. The van der Waals surface area contributed by atoms with Crippen LogP contribution in [0.2, 0.25) is 0 Å². The molecule has 2 N–H and O–H groups in total. The number of nitrogens with zero attached hydrogens (tertiary/aromatic N) is 3. The molecular weight excluding hydrogens is 451 g/mol. The Kier molecular flexibility index (Phi) is 5.07. The largest absolute Gasteiger partial charge is 0.494 e. The van der Waals surface area contributed by atoms with Crippen LogP contribution in [-0.4, -0.2) is 51.1 Å². The lowest BCUT2D eigenvalue weighted by Crippen LogP contribution is -2.40. The van der Waals surface area contributed by atoms with Crippen molar-refractivity contribution in [2.75, 3.05) is 20.3 Å². The fourth-order valence-electron chi connectivity index (χ4n) is 5.86. The molecule has 4 aromatic rings. The molecule has 6 rings (SSSR count). The molecule has 1 saturated heterocycles. The van der Waals surface area contributed by atoms with Crippen molar-refractivity contribution in [3.8, 4) is 11.4 Å². The van der Waals surface area contributed by atoms with Crippen LogP contribution in [0.1, 0.15) is 55.7 Å². The lowest BCUT2D eigenvalue weighted by atomic mass is 9.60. The first kappa shape index (κ1) is 22.0. The molecular formula is C26H27FN4O4. The van der Waals surface area contributed by atoms with Crippen molar-refractivity contribution in [3.05, 3.63) is 47.5 Å². The van der Waals surface area contributed by atoms with Gasteiger partial charge in [0.15, 0.2) is 17.2 Å². The maximum absolute atomic E-state index is 14.3. The number of ether oxygens (including phenoxy) is 2. The molecule has 2 aliphatic rings. The third-order valence-corrected chi connectivity index (χ3v) is 7.74. The number of methoxy groups -OCH3 is 1. The smallest absolute Gasteiger partial charge is 0.309 e. The van der Waals surface area contributed by atoms with Gasteiger partial charge in [-0.1, -0.05) is 0 Å². The molecule has 2 fully saturated rings. The highest BCUT2D eigenvalue weighted by atomic mass is 19.1. The molecule has 0 unspecified atom stereocenters. The van der Waals surface area contributed by atoms with Gasteiger partial charge in [-0.2, -0.15) is 5.10 Å². The highest BCUT2D eigenvalue weighted by Gasteiger charge is 2.49. The van der Waals surface area contributed by atoms with E-state index in [0.29, 0.717) is 31.7 Å². The number of fused-ring (bicyclic) bond motifs is 2. The van der Waals surface area contributed by atoms with E-state index >= 15 is 0 Å². The number of aromatic amines is 1. The summed E-state index contributed by atoms with van der Waals surface area (Å²) in [7, 11) is 1.46. The summed E-state index contributed by atoms with van der Waals surface area (Å²) >= 11 is 0. The predicted octanol–water partition coefficient (Wildman–Crippen LogP) is 4.91. The van der Waals surface area contributed by atoms with E-state index in [-0.39, 0.29) is 17.6 Å². The summed E-state index contributed by atoms with van der Waals surface area (Å²) in [6.45, 7) is 3.13. The van der Waals surface area contributed by atoms with Gasteiger partial charge < -0.3 is 19.1 Å². The number of carboxylic acid groups (broad SMARTS) is 1. The van der Waals surface area contributed by atoms with Crippen molar-refractivity contribution in [2.24, 2.45) is 5.41 Å². The summed E-state index contributed by atoms with van der Waals surface area (Å²) < 4.78 is 27.5. The lowest BCUT2D eigenvalue weighted by molar-refractivity contribution is -0.154. The Labute approximate surface area is 201 Å². The minimum absolute atomic E-state index is 0.0629. The van der Waals surface area contributed by atoms with E-state index in [4.69, 9.17) is 14.5 Å². The van der Waals surface area contributed by atoms with Crippen LogP contribution in [0.15, 0.2) is 30.5 Å². The van der Waals surface area contributed by atoms with E-state index in [1.165, 1.54) is 13.2 Å². The molecule has 0 bridgehead atoms. The number of hydrogen-bond acceptors (Lipinski definition) is 5. The van der Waals surface area contributed by atoms with Gasteiger partial charge in [0, 0.05) is 47.5 Å². The van der Waals surface area contributed by atoms with Gasteiger partial charge in [-0.15, -0.1) is 0 Å². The normalized spacial score (nSPS) is 23.0. The molecule has 4 heterocycles. The zero-order valence-corrected chi connectivity index (χ0v) is 19.7. The second-order valence-electron chi connectivity index (χ2n) is 9.97. The van der Waals surface area contributed by atoms with E-state index in [0.717, 1.165) is 46.2 Å². The minimum Gasteiger partial charge on any atom is -0.494 e. The van der Waals surface area contributed by atoms with Gasteiger partial charge >= 0.3 is 5.97 Å². The van der Waals surface area contributed by atoms with Crippen molar-refractivity contribution < 1.29 is 23.8 Å². The summed E-state index contributed by atoms with van der Waals surface area (Å²) in [6, 6.07) is 6.94. The van der Waals surface area contributed by atoms with Crippen molar-refractivity contribution in [2.45, 2.75) is 44.4 Å². The van der Waals surface area contributed by atoms with E-state index in [1.54, 1.807) is 18.3 Å². The first-order chi connectivity index (χ1) is 16.9. The van der Waals surface area contributed by atoms with E-state index in [1.807, 2.05) is 6.92 Å². The SMILES string of the molecule is COc1cc(-n2c(C3CCOCC3)c(C3CC(C)(C(=O)O)C3)c3nc4[nH]ncc4cc32)ccc1F. The van der Waals surface area contributed by atoms with E-state index in [2.05, 4.69) is 20.8 Å². The number of nitrogens with one attached hydrogen (secondary N) is 1. The first-order valence-electron chi connectivity index (χ1n) is 11.9. The number of carboxylic acids is 1. The van der Waals surface area contributed by atoms with Crippen LogP contribution in [0.4, 0.5) is 4.39 Å². The summed E-state index contributed by atoms with van der Waals surface area (Å²) in [6.07, 6.45) is 4.54. The number of aliphatic carboxylic acids is 1. The molecule has 3 aromatic heterocycles. The number of aromatic nitrogens is 4. The van der Waals surface area contributed by atoms with Gasteiger partial charge in [0.1, 0.15) is 0 Å². The Morgan fingerprint density at radius 1 is 1.26 bits per heavy atom. The fourth-order valence-corrected chi connectivity index (χ4v) is 5.86. The number of hydrogen-bond donors (Lipinski definition) is 2. The number of rotatable bonds is 5. The van der Waals surface area contributed by atoms with E-state index < -0.39 is 17.2 Å². The molecule has 8 nitrogen and oxygen atoms in total. The van der Waals surface area contributed by atoms with Crippen LogP contribution in [0.3, 0.4) is 0 Å². The Bertz CT molecular complexity index is 1450. The Hall–Kier alpha value is -3.46. The second kappa shape index (κ2) is 8.05. The number of benzene rings is 1. The zero-order valence-electron chi connectivity index (χ0n) is 19.7. The third-order valence-electron chi connectivity index (χ3n) is 7.74. The molecule has 0 radical (unpaired) electrons. The monoisotopic (exact) mass is 478 g/mol. The molecule has 9 heteroatoms. The Balaban J connectivity index is 1.65. The van der Waals surface area contributed by atoms with Crippen LogP contribution in [0, 0.1) is 11.2 Å². The second-order valence-corrected chi connectivity index (χ2v) is 9.97.